The summed E-state index contributed by atoms with van der Waals surface area (Å²) in [5.41, 5.74) is 6.01. The van der Waals surface area contributed by atoms with Crippen LogP contribution in [0.25, 0.3) is 33.9 Å². The Morgan fingerprint density at radius 3 is 2.49 bits per heavy atom. The molecule has 0 unspecified atom stereocenters. The van der Waals surface area contributed by atoms with Crippen molar-refractivity contribution in [2.45, 2.75) is 72.1 Å². The number of rotatable bonds is 6. The Labute approximate surface area is 205 Å². The molecule has 0 aliphatic heterocycles. The summed E-state index contributed by atoms with van der Waals surface area (Å²) in [4.78, 5) is 19.9. The van der Waals surface area contributed by atoms with Gasteiger partial charge in [0.05, 0.1) is 16.4 Å². The second kappa shape index (κ2) is 8.95. The maximum Gasteiger partial charge on any atom is 0.309 e. The highest BCUT2D eigenvalue weighted by Gasteiger charge is 2.28. The number of aromatic nitrogens is 4. The van der Waals surface area contributed by atoms with E-state index in [0.717, 1.165) is 63.4 Å². The van der Waals surface area contributed by atoms with Crippen molar-refractivity contribution in [3.63, 3.8) is 0 Å². The molecular formula is C28H32N4O3. The average Bonchev–Trinajstić information content (AvgIpc) is 3.46. The average molecular weight is 473 g/mol. The van der Waals surface area contributed by atoms with Crippen LogP contribution in [0.1, 0.15) is 74.5 Å². The molecule has 0 bridgehead atoms. The molecule has 1 fully saturated rings. The third-order valence-corrected chi connectivity index (χ3v) is 7.18. The lowest BCUT2D eigenvalue weighted by Crippen LogP contribution is -2.26. The first-order chi connectivity index (χ1) is 16.7. The number of carboxylic acid groups (broad SMARTS) is 1. The van der Waals surface area contributed by atoms with E-state index in [1.54, 1.807) is 13.8 Å². The molecule has 7 heteroatoms. The second-order valence-corrected chi connectivity index (χ2v) is 10.6. The molecule has 1 aliphatic carbocycles. The topological polar surface area (TPSA) is 105 Å². The van der Waals surface area contributed by atoms with Crippen LogP contribution in [-0.4, -0.2) is 31.2 Å². The number of nitrogens with zero attached hydrogens (tertiary/aromatic N) is 3. The van der Waals surface area contributed by atoms with Gasteiger partial charge in [0, 0.05) is 17.0 Å². The first kappa shape index (κ1) is 23.3. The number of H-pyrrole nitrogens is 1. The highest BCUT2D eigenvalue weighted by Crippen LogP contribution is 2.34. The molecular weight excluding hydrogens is 440 g/mol. The third-order valence-electron chi connectivity index (χ3n) is 7.18. The molecule has 0 saturated heterocycles. The van der Waals surface area contributed by atoms with Gasteiger partial charge in [-0.15, -0.1) is 10.2 Å². The van der Waals surface area contributed by atoms with E-state index in [2.05, 4.69) is 27.3 Å². The fourth-order valence-corrected chi connectivity index (χ4v) is 5.24. The number of carbonyl (C=O) groups is 1. The van der Waals surface area contributed by atoms with E-state index in [1.165, 1.54) is 19.3 Å². The largest absolute Gasteiger partial charge is 0.481 e. The lowest BCUT2D eigenvalue weighted by molar-refractivity contribution is -0.146. The van der Waals surface area contributed by atoms with Gasteiger partial charge >= 0.3 is 5.97 Å². The summed E-state index contributed by atoms with van der Waals surface area (Å²) >= 11 is 0. The minimum Gasteiger partial charge on any atom is -0.481 e. The molecule has 2 aromatic carbocycles. The van der Waals surface area contributed by atoms with Crippen LogP contribution in [-0.2, 0) is 11.2 Å². The molecule has 5 rings (SSSR count). The number of aromatic amines is 1. The summed E-state index contributed by atoms with van der Waals surface area (Å²) in [7, 11) is 0. The van der Waals surface area contributed by atoms with Crippen molar-refractivity contribution in [3.05, 3.63) is 52.9 Å². The molecule has 7 nitrogen and oxygen atoms in total. The second-order valence-electron chi connectivity index (χ2n) is 10.6. The Balaban J connectivity index is 1.44. The molecule has 1 aliphatic rings. The SMILES string of the molecule is Cc1cc(CC(C)(C)C(=O)O)cc(C)c1-c1nc2ccc(-c3nnc(C4CCCCC4)o3)cc2[nH]1. The van der Waals surface area contributed by atoms with Gasteiger partial charge in [-0.2, -0.15) is 0 Å². The Morgan fingerprint density at radius 2 is 1.80 bits per heavy atom. The number of nitrogens with one attached hydrogen (secondary N) is 1. The summed E-state index contributed by atoms with van der Waals surface area (Å²) in [6, 6.07) is 10.1. The number of benzene rings is 2. The van der Waals surface area contributed by atoms with E-state index >= 15 is 0 Å². The molecule has 35 heavy (non-hydrogen) atoms. The van der Waals surface area contributed by atoms with Crippen molar-refractivity contribution in [1.29, 1.82) is 0 Å². The number of aliphatic carboxylic acids is 1. The van der Waals surface area contributed by atoms with Crippen LogP contribution in [0.5, 0.6) is 0 Å². The van der Waals surface area contributed by atoms with Gasteiger partial charge in [0.15, 0.2) is 0 Å². The molecule has 1 saturated carbocycles. The number of imidazole rings is 1. The zero-order valence-corrected chi connectivity index (χ0v) is 20.8. The molecule has 2 heterocycles. The Kier molecular flexibility index (Phi) is 5.95. The fourth-order valence-electron chi connectivity index (χ4n) is 5.24. The predicted molar refractivity (Wildman–Crippen MR) is 135 cm³/mol. The number of carboxylic acids is 1. The van der Waals surface area contributed by atoms with Crippen LogP contribution in [0, 0.1) is 19.3 Å². The van der Waals surface area contributed by atoms with E-state index in [4.69, 9.17) is 9.40 Å². The summed E-state index contributed by atoms with van der Waals surface area (Å²) < 4.78 is 6.06. The lowest BCUT2D eigenvalue weighted by atomic mass is 9.84. The summed E-state index contributed by atoms with van der Waals surface area (Å²) in [5, 5.41) is 18.2. The number of hydrogen-bond donors (Lipinski definition) is 2. The normalized spacial score (nSPS) is 15.1. The smallest absolute Gasteiger partial charge is 0.309 e. The molecule has 2 N–H and O–H groups in total. The predicted octanol–water partition coefficient (Wildman–Crippen LogP) is 6.60. The monoisotopic (exact) mass is 472 g/mol. The van der Waals surface area contributed by atoms with Crippen LogP contribution in [0.2, 0.25) is 0 Å². The standard InChI is InChI=1S/C28H32N4O3/c1-16-12-18(15-28(3,4)27(33)34)13-17(2)23(16)24-29-21-11-10-20(14-22(21)30-24)26-32-31-25(35-26)19-8-6-5-7-9-19/h10-14,19H,5-9,15H2,1-4H3,(H,29,30)(H,33,34). The first-order valence-electron chi connectivity index (χ1n) is 12.4. The van der Waals surface area contributed by atoms with Crippen LogP contribution in [0.4, 0.5) is 0 Å². The van der Waals surface area contributed by atoms with Gasteiger partial charge in [0.2, 0.25) is 11.8 Å². The maximum absolute atomic E-state index is 11.6. The van der Waals surface area contributed by atoms with Crippen molar-refractivity contribution < 1.29 is 14.3 Å². The molecule has 182 valence electrons. The number of aryl methyl sites for hydroxylation is 2. The minimum absolute atomic E-state index is 0.377. The highest BCUT2D eigenvalue weighted by atomic mass is 16.4. The molecule has 0 radical (unpaired) electrons. The van der Waals surface area contributed by atoms with Gasteiger partial charge in [-0.25, -0.2) is 4.98 Å². The zero-order valence-electron chi connectivity index (χ0n) is 20.8. The van der Waals surface area contributed by atoms with Gasteiger partial charge in [0.25, 0.3) is 0 Å². The quantitative estimate of drug-likeness (QED) is 0.328. The van der Waals surface area contributed by atoms with Crippen LogP contribution in [0.15, 0.2) is 34.7 Å². The van der Waals surface area contributed by atoms with E-state index in [0.29, 0.717) is 18.2 Å². The van der Waals surface area contributed by atoms with Gasteiger partial charge < -0.3 is 14.5 Å². The van der Waals surface area contributed by atoms with E-state index in [-0.39, 0.29) is 0 Å². The van der Waals surface area contributed by atoms with E-state index < -0.39 is 11.4 Å². The molecule has 2 aromatic heterocycles. The van der Waals surface area contributed by atoms with Crippen LogP contribution < -0.4 is 0 Å². The summed E-state index contributed by atoms with van der Waals surface area (Å²) in [6.45, 7) is 7.60. The minimum atomic E-state index is -0.818. The fraction of sp³-hybridized carbons (Fsp3) is 0.429. The number of hydrogen-bond acceptors (Lipinski definition) is 5. The summed E-state index contributed by atoms with van der Waals surface area (Å²) in [6.07, 6.45) is 6.45. The van der Waals surface area contributed by atoms with Gasteiger partial charge in [0.1, 0.15) is 5.82 Å². The van der Waals surface area contributed by atoms with Gasteiger partial charge in [-0.1, -0.05) is 31.4 Å². The third kappa shape index (κ3) is 4.59. The van der Waals surface area contributed by atoms with Crippen molar-refractivity contribution in [1.82, 2.24) is 20.2 Å². The van der Waals surface area contributed by atoms with Crippen molar-refractivity contribution >= 4 is 17.0 Å². The van der Waals surface area contributed by atoms with Gasteiger partial charge in [-0.05, 0) is 81.8 Å². The molecule has 0 spiro atoms. The molecule has 4 aromatic rings. The van der Waals surface area contributed by atoms with Crippen molar-refractivity contribution in [3.8, 4) is 22.8 Å². The summed E-state index contributed by atoms with van der Waals surface area (Å²) in [5.74, 6) is 1.67. The van der Waals surface area contributed by atoms with Crippen molar-refractivity contribution in [2.24, 2.45) is 5.41 Å². The first-order valence-corrected chi connectivity index (χ1v) is 12.4. The van der Waals surface area contributed by atoms with Crippen LogP contribution in [0.3, 0.4) is 0 Å². The van der Waals surface area contributed by atoms with Crippen molar-refractivity contribution in [2.75, 3.05) is 0 Å². The molecule has 0 amide bonds. The molecule has 0 atom stereocenters. The highest BCUT2D eigenvalue weighted by molar-refractivity contribution is 5.84. The number of fused-ring (bicyclic) bond motifs is 1. The van der Waals surface area contributed by atoms with Crippen LogP contribution >= 0.6 is 0 Å². The lowest BCUT2D eigenvalue weighted by Gasteiger charge is -2.20. The van der Waals surface area contributed by atoms with E-state index in [9.17, 15) is 9.90 Å². The Bertz CT molecular complexity index is 1370. The zero-order chi connectivity index (χ0) is 24.7. The Morgan fingerprint density at radius 1 is 1.09 bits per heavy atom. The van der Waals surface area contributed by atoms with Gasteiger partial charge in [-0.3, -0.25) is 4.79 Å². The van der Waals surface area contributed by atoms with E-state index in [1.807, 2.05) is 32.0 Å². The Hall–Kier alpha value is -3.48. The maximum atomic E-state index is 11.6.